The highest BCUT2D eigenvalue weighted by Gasteiger charge is 2.15. The number of hydrogen-bond acceptors (Lipinski definition) is 3. The molecule has 0 aliphatic heterocycles. The smallest absolute Gasteiger partial charge is 0.241 e. The second-order valence-corrected chi connectivity index (χ2v) is 3.96. The first-order valence-corrected chi connectivity index (χ1v) is 6.07. The van der Waals surface area contributed by atoms with Crippen LogP contribution in [-0.4, -0.2) is 18.6 Å². The van der Waals surface area contributed by atoms with E-state index in [2.05, 4.69) is 5.32 Å². The molecule has 0 fully saturated rings. The highest BCUT2D eigenvalue weighted by molar-refractivity contribution is 5.95. The maximum Gasteiger partial charge on any atom is 0.241 e. The van der Waals surface area contributed by atoms with Crippen molar-refractivity contribution in [2.75, 3.05) is 11.9 Å². The number of halogens is 2. The van der Waals surface area contributed by atoms with Gasteiger partial charge in [-0.1, -0.05) is 13.3 Å². The van der Waals surface area contributed by atoms with Crippen LogP contribution < -0.4 is 15.8 Å². The SMILES string of the molecule is CCCC(N)C(=O)Nc1ccc(F)cc1OCC.Cl. The molecule has 0 heterocycles. The Morgan fingerprint density at radius 3 is 2.74 bits per heavy atom. The van der Waals surface area contributed by atoms with E-state index in [1.165, 1.54) is 18.2 Å². The summed E-state index contributed by atoms with van der Waals surface area (Å²) < 4.78 is 18.3. The largest absolute Gasteiger partial charge is 0.492 e. The molecule has 6 heteroatoms. The van der Waals surface area contributed by atoms with Crippen molar-refractivity contribution < 1.29 is 13.9 Å². The Morgan fingerprint density at radius 1 is 1.47 bits per heavy atom. The number of rotatable bonds is 6. The Kier molecular flexibility index (Phi) is 8.11. The van der Waals surface area contributed by atoms with Crippen LogP contribution in [0.15, 0.2) is 18.2 Å². The molecule has 0 saturated heterocycles. The Bertz CT molecular complexity index is 416. The summed E-state index contributed by atoms with van der Waals surface area (Å²) in [6.45, 7) is 4.14. The number of nitrogens with two attached hydrogens (primary N) is 1. The van der Waals surface area contributed by atoms with E-state index < -0.39 is 11.9 Å². The molecule has 1 atom stereocenters. The van der Waals surface area contributed by atoms with Gasteiger partial charge in [-0.15, -0.1) is 12.4 Å². The van der Waals surface area contributed by atoms with Crippen molar-refractivity contribution in [3.05, 3.63) is 24.0 Å². The van der Waals surface area contributed by atoms with Crippen LogP contribution in [0.5, 0.6) is 5.75 Å². The van der Waals surface area contributed by atoms with Gasteiger partial charge in [0.05, 0.1) is 18.3 Å². The molecule has 0 aliphatic rings. The van der Waals surface area contributed by atoms with Crippen LogP contribution in [-0.2, 0) is 4.79 Å². The number of hydrogen-bond donors (Lipinski definition) is 2. The zero-order chi connectivity index (χ0) is 13.5. The number of carbonyl (C=O) groups excluding carboxylic acids is 1. The summed E-state index contributed by atoms with van der Waals surface area (Å²) in [5.41, 5.74) is 6.14. The molecule has 1 unspecified atom stereocenters. The standard InChI is InChI=1S/C13H19FN2O2.ClH/c1-3-5-10(15)13(17)16-11-7-6-9(14)8-12(11)18-4-2;/h6-8,10H,3-5,15H2,1-2H3,(H,16,17);1H. The van der Waals surface area contributed by atoms with Gasteiger partial charge in [-0.3, -0.25) is 4.79 Å². The van der Waals surface area contributed by atoms with E-state index in [4.69, 9.17) is 10.5 Å². The summed E-state index contributed by atoms with van der Waals surface area (Å²) in [5.74, 6) is -0.381. The Morgan fingerprint density at radius 2 is 2.16 bits per heavy atom. The predicted molar refractivity (Wildman–Crippen MR) is 76.3 cm³/mol. The molecule has 1 aromatic rings. The van der Waals surface area contributed by atoms with Crippen molar-refractivity contribution in [3.63, 3.8) is 0 Å². The van der Waals surface area contributed by atoms with Gasteiger partial charge in [0.1, 0.15) is 11.6 Å². The average molecular weight is 291 g/mol. The van der Waals surface area contributed by atoms with Crippen LogP contribution in [0.3, 0.4) is 0 Å². The van der Waals surface area contributed by atoms with Crippen molar-refractivity contribution in [1.82, 2.24) is 0 Å². The minimum atomic E-state index is -0.561. The van der Waals surface area contributed by atoms with E-state index in [9.17, 15) is 9.18 Å². The molecule has 3 N–H and O–H groups in total. The first-order chi connectivity index (χ1) is 8.58. The molecule has 19 heavy (non-hydrogen) atoms. The van der Waals surface area contributed by atoms with Gasteiger partial charge in [0, 0.05) is 6.07 Å². The van der Waals surface area contributed by atoms with Crippen molar-refractivity contribution in [3.8, 4) is 5.75 Å². The van der Waals surface area contributed by atoms with E-state index in [1.807, 2.05) is 6.92 Å². The average Bonchev–Trinajstić information content (AvgIpc) is 2.33. The highest BCUT2D eigenvalue weighted by Crippen LogP contribution is 2.25. The monoisotopic (exact) mass is 290 g/mol. The molecule has 1 amide bonds. The second kappa shape index (κ2) is 8.72. The zero-order valence-corrected chi connectivity index (χ0v) is 11.9. The van der Waals surface area contributed by atoms with Gasteiger partial charge in [-0.05, 0) is 25.5 Å². The first kappa shape index (κ1) is 17.7. The van der Waals surface area contributed by atoms with Gasteiger partial charge in [-0.25, -0.2) is 4.39 Å². The topological polar surface area (TPSA) is 64.4 Å². The summed E-state index contributed by atoms with van der Waals surface area (Å²) in [6, 6.07) is 3.42. The van der Waals surface area contributed by atoms with E-state index in [-0.39, 0.29) is 18.3 Å². The summed E-state index contributed by atoms with van der Waals surface area (Å²) >= 11 is 0. The molecular formula is C13H20ClFN2O2. The Labute approximate surface area is 118 Å². The fourth-order valence-corrected chi connectivity index (χ4v) is 1.54. The fraction of sp³-hybridized carbons (Fsp3) is 0.462. The number of amides is 1. The summed E-state index contributed by atoms with van der Waals surface area (Å²) in [7, 11) is 0. The minimum absolute atomic E-state index is 0. The molecule has 0 aliphatic carbocycles. The first-order valence-electron chi connectivity index (χ1n) is 6.07. The van der Waals surface area contributed by atoms with Crippen LogP contribution in [0.4, 0.5) is 10.1 Å². The third-order valence-corrected chi connectivity index (χ3v) is 2.44. The summed E-state index contributed by atoms with van der Waals surface area (Å²) in [6.07, 6.45) is 1.44. The van der Waals surface area contributed by atoms with Gasteiger partial charge in [-0.2, -0.15) is 0 Å². The van der Waals surface area contributed by atoms with Crippen molar-refractivity contribution >= 4 is 24.0 Å². The van der Waals surface area contributed by atoms with E-state index in [0.717, 1.165) is 6.42 Å². The van der Waals surface area contributed by atoms with Crippen molar-refractivity contribution in [2.24, 2.45) is 5.73 Å². The highest BCUT2D eigenvalue weighted by atomic mass is 35.5. The lowest BCUT2D eigenvalue weighted by Gasteiger charge is -2.14. The van der Waals surface area contributed by atoms with Crippen LogP contribution in [0.1, 0.15) is 26.7 Å². The normalized spacial score (nSPS) is 11.4. The number of carbonyl (C=O) groups is 1. The van der Waals surface area contributed by atoms with E-state index >= 15 is 0 Å². The molecule has 0 bridgehead atoms. The third-order valence-electron chi connectivity index (χ3n) is 2.44. The van der Waals surface area contributed by atoms with Crippen LogP contribution in [0.25, 0.3) is 0 Å². The Balaban J connectivity index is 0.00000324. The number of anilines is 1. The Hall–Kier alpha value is -1.33. The molecule has 0 saturated carbocycles. The number of ether oxygens (including phenoxy) is 1. The second-order valence-electron chi connectivity index (χ2n) is 3.96. The van der Waals surface area contributed by atoms with Gasteiger partial charge in [0.25, 0.3) is 0 Å². The lowest BCUT2D eigenvalue weighted by Crippen LogP contribution is -2.35. The van der Waals surface area contributed by atoms with E-state index in [0.29, 0.717) is 24.5 Å². The third kappa shape index (κ3) is 5.44. The summed E-state index contributed by atoms with van der Waals surface area (Å²) in [4.78, 5) is 11.8. The van der Waals surface area contributed by atoms with Gasteiger partial charge >= 0.3 is 0 Å². The predicted octanol–water partition coefficient (Wildman–Crippen LogP) is 2.71. The van der Waals surface area contributed by atoms with E-state index in [1.54, 1.807) is 6.92 Å². The molecule has 1 aromatic carbocycles. The van der Waals surface area contributed by atoms with Crippen LogP contribution in [0.2, 0.25) is 0 Å². The fourth-order valence-electron chi connectivity index (χ4n) is 1.54. The lowest BCUT2D eigenvalue weighted by atomic mass is 10.1. The van der Waals surface area contributed by atoms with Crippen molar-refractivity contribution in [1.29, 1.82) is 0 Å². The quantitative estimate of drug-likeness (QED) is 0.847. The maximum atomic E-state index is 13.1. The molecule has 0 aromatic heterocycles. The van der Waals surface area contributed by atoms with Gasteiger partial charge in [0.2, 0.25) is 5.91 Å². The van der Waals surface area contributed by atoms with Crippen molar-refractivity contribution in [2.45, 2.75) is 32.7 Å². The molecule has 4 nitrogen and oxygen atoms in total. The van der Waals surface area contributed by atoms with Crippen LogP contribution in [0, 0.1) is 5.82 Å². The zero-order valence-electron chi connectivity index (χ0n) is 11.1. The number of nitrogens with one attached hydrogen (secondary N) is 1. The van der Waals surface area contributed by atoms with Crippen LogP contribution >= 0.6 is 12.4 Å². The molecule has 0 radical (unpaired) electrons. The lowest BCUT2D eigenvalue weighted by molar-refractivity contribution is -0.117. The minimum Gasteiger partial charge on any atom is -0.492 e. The molecular weight excluding hydrogens is 271 g/mol. The molecule has 108 valence electrons. The summed E-state index contributed by atoms with van der Waals surface area (Å²) in [5, 5.41) is 2.65. The number of benzene rings is 1. The van der Waals surface area contributed by atoms with Gasteiger partial charge < -0.3 is 15.8 Å². The van der Waals surface area contributed by atoms with Gasteiger partial charge in [0.15, 0.2) is 0 Å². The maximum absolute atomic E-state index is 13.1. The molecule has 0 spiro atoms. The molecule has 1 rings (SSSR count).